The molecular weight excluding hydrogens is 272 g/mol. The number of rotatable bonds is 6. The summed E-state index contributed by atoms with van der Waals surface area (Å²) in [6.07, 6.45) is 1.24. The molecule has 0 aliphatic carbocycles. The third-order valence-corrected chi connectivity index (χ3v) is 3.87. The number of hydrogen-bond acceptors (Lipinski definition) is 2. The zero-order chi connectivity index (χ0) is 16.1. The van der Waals surface area contributed by atoms with Crippen molar-refractivity contribution in [2.45, 2.75) is 53.2 Å². The minimum atomic E-state index is -0.461. The first kappa shape index (κ1) is 16.6. The predicted octanol–water partition coefficient (Wildman–Crippen LogP) is 5.02. The molecule has 2 aromatic carbocycles. The molecule has 1 unspecified atom stereocenters. The van der Waals surface area contributed by atoms with Crippen molar-refractivity contribution in [2.24, 2.45) is 0 Å². The van der Waals surface area contributed by atoms with E-state index < -0.39 is 6.10 Å². The van der Waals surface area contributed by atoms with Crippen molar-refractivity contribution >= 4 is 0 Å². The van der Waals surface area contributed by atoms with Gasteiger partial charge in [0.2, 0.25) is 0 Å². The molecule has 1 N–H and O–H groups in total. The highest BCUT2D eigenvalue weighted by Crippen LogP contribution is 2.33. The zero-order valence-corrected chi connectivity index (χ0v) is 14.0. The smallest absolute Gasteiger partial charge is 0.128 e. The Labute approximate surface area is 133 Å². The van der Waals surface area contributed by atoms with E-state index in [1.807, 2.05) is 13.0 Å². The molecule has 22 heavy (non-hydrogen) atoms. The molecule has 118 valence electrons. The number of hydrogen-bond donors (Lipinski definition) is 1. The first-order valence-corrected chi connectivity index (χ1v) is 7.98. The number of aliphatic hydroxyl groups excluding tert-OH is 1. The van der Waals surface area contributed by atoms with Gasteiger partial charge in [-0.3, -0.25) is 0 Å². The first-order valence-electron chi connectivity index (χ1n) is 7.98. The van der Waals surface area contributed by atoms with Gasteiger partial charge in [0.05, 0.1) is 6.10 Å². The molecule has 0 fully saturated rings. The minimum absolute atomic E-state index is 0.461. The van der Waals surface area contributed by atoms with Gasteiger partial charge in [-0.1, -0.05) is 54.8 Å². The van der Waals surface area contributed by atoms with Crippen LogP contribution in [-0.2, 0) is 6.61 Å². The van der Waals surface area contributed by atoms with Gasteiger partial charge in [-0.25, -0.2) is 0 Å². The van der Waals surface area contributed by atoms with Gasteiger partial charge in [-0.15, -0.1) is 0 Å². The molecule has 0 saturated carbocycles. The molecule has 1 atom stereocenters. The fraction of sp³-hybridized carbons (Fsp3) is 0.400. The second-order valence-electron chi connectivity index (χ2n) is 6.08. The van der Waals surface area contributed by atoms with E-state index in [2.05, 4.69) is 51.1 Å². The largest absolute Gasteiger partial charge is 0.488 e. The molecular formula is C20H26O2. The Morgan fingerprint density at radius 1 is 1.00 bits per heavy atom. The van der Waals surface area contributed by atoms with E-state index in [1.54, 1.807) is 0 Å². The second-order valence-corrected chi connectivity index (χ2v) is 6.08. The van der Waals surface area contributed by atoms with E-state index in [4.69, 9.17) is 4.74 Å². The van der Waals surface area contributed by atoms with E-state index in [-0.39, 0.29) is 0 Å². The van der Waals surface area contributed by atoms with Gasteiger partial charge in [0.25, 0.3) is 0 Å². The Morgan fingerprint density at radius 3 is 2.32 bits per heavy atom. The number of ether oxygens (including phenoxy) is 1. The monoisotopic (exact) mass is 298 g/mol. The van der Waals surface area contributed by atoms with Crippen molar-refractivity contribution in [1.82, 2.24) is 0 Å². The quantitative estimate of drug-likeness (QED) is 0.811. The molecule has 2 heteroatoms. The lowest BCUT2D eigenvalue weighted by molar-refractivity contribution is 0.159. The summed E-state index contributed by atoms with van der Waals surface area (Å²) >= 11 is 0. The summed E-state index contributed by atoms with van der Waals surface area (Å²) in [5.74, 6) is 0.826. The van der Waals surface area contributed by atoms with Crippen molar-refractivity contribution in [1.29, 1.82) is 0 Å². The zero-order valence-electron chi connectivity index (χ0n) is 14.0. The molecule has 2 aromatic rings. The molecule has 0 aromatic heterocycles. The summed E-state index contributed by atoms with van der Waals surface area (Å²) in [4.78, 5) is 0. The van der Waals surface area contributed by atoms with Crippen LogP contribution in [0.25, 0.3) is 0 Å². The lowest BCUT2D eigenvalue weighted by Gasteiger charge is -2.19. The molecule has 0 radical (unpaired) electrons. The predicted molar refractivity (Wildman–Crippen MR) is 91.3 cm³/mol. The van der Waals surface area contributed by atoms with Crippen LogP contribution < -0.4 is 4.74 Å². The lowest BCUT2D eigenvalue weighted by Crippen LogP contribution is -2.05. The highest BCUT2D eigenvalue weighted by molar-refractivity contribution is 5.45. The Hall–Kier alpha value is -1.80. The number of aliphatic hydroxyl groups is 1. The average molecular weight is 298 g/mol. The molecule has 0 saturated heterocycles. The van der Waals surface area contributed by atoms with Crippen molar-refractivity contribution in [3.8, 4) is 5.75 Å². The van der Waals surface area contributed by atoms with Gasteiger partial charge in [-0.05, 0) is 44.4 Å². The molecule has 0 bridgehead atoms. The fourth-order valence-electron chi connectivity index (χ4n) is 2.70. The second kappa shape index (κ2) is 7.46. The number of aryl methyl sites for hydroxylation is 3. The molecule has 0 aliphatic heterocycles. The topological polar surface area (TPSA) is 29.5 Å². The van der Waals surface area contributed by atoms with E-state index in [0.717, 1.165) is 40.8 Å². The first-order chi connectivity index (χ1) is 10.5. The maximum absolute atomic E-state index is 10.4. The van der Waals surface area contributed by atoms with Crippen LogP contribution in [-0.4, -0.2) is 5.11 Å². The van der Waals surface area contributed by atoms with Gasteiger partial charge >= 0.3 is 0 Å². The van der Waals surface area contributed by atoms with Gasteiger partial charge in [-0.2, -0.15) is 0 Å². The van der Waals surface area contributed by atoms with Crippen LogP contribution in [0.1, 0.15) is 53.7 Å². The highest BCUT2D eigenvalue weighted by Gasteiger charge is 2.16. The molecule has 0 aliphatic rings. The highest BCUT2D eigenvalue weighted by atomic mass is 16.5. The van der Waals surface area contributed by atoms with E-state index >= 15 is 0 Å². The Morgan fingerprint density at radius 2 is 1.68 bits per heavy atom. The molecule has 2 nitrogen and oxygen atoms in total. The Balaban J connectivity index is 2.23. The minimum Gasteiger partial charge on any atom is -0.488 e. The summed E-state index contributed by atoms with van der Waals surface area (Å²) in [7, 11) is 0. The van der Waals surface area contributed by atoms with Crippen molar-refractivity contribution < 1.29 is 9.84 Å². The van der Waals surface area contributed by atoms with Crippen LogP contribution in [0.3, 0.4) is 0 Å². The van der Waals surface area contributed by atoms with Crippen LogP contribution >= 0.6 is 0 Å². The molecule has 0 amide bonds. The van der Waals surface area contributed by atoms with Crippen molar-refractivity contribution in [2.75, 3.05) is 0 Å². The normalized spacial score (nSPS) is 12.2. The van der Waals surface area contributed by atoms with Gasteiger partial charge in [0.1, 0.15) is 12.4 Å². The molecule has 0 spiro atoms. The van der Waals surface area contributed by atoms with Gasteiger partial charge in [0, 0.05) is 5.56 Å². The maximum atomic E-state index is 10.4. The SMILES string of the molecule is CCCC(O)c1cc(C)cc(C)c1OCc1ccc(C)cc1. The number of benzene rings is 2. The van der Waals surface area contributed by atoms with E-state index in [1.165, 1.54) is 5.56 Å². The molecule has 2 rings (SSSR count). The van der Waals surface area contributed by atoms with Crippen molar-refractivity contribution in [3.63, 3.8) is 0 Å². The van der Waals surface area contributed by atoms with Crippen molar-refractivity contribution in [3.05, 3.63) is 64.2 Å². The maximum Gasteiger partial charge on any atom is 0.128 e. The Kier molecular flexibility index (Phi) is 5.62. The van der Waals surface area contributed by atoms with E-state index in [9.17, 15) is 5.11 Å². The summed E-state index contributed by atoms with van der Waals surface area (Å²) in [5, 5.41) is 10.4. The standard InChI is InChI=1S/C20H26O2/c1-5-6-19(21)18-12-15(3)11-16(4)20(18)22-13-17-9-7-14(2)8-10-17/h7-12,19,21H,5-6,13H2,1-4H3. The van der Waals surface area contributed by atoms with Gasteiger partial charge < -0.3 is 9.84 Å². The Bertz CT molecular complexity index is 614. The summed E-state index contributed by atoms with van der Waals surface area (Å²) in [5.41, 5.74) is 5.53. The van der Waals surface area contributed by atoms with Crippen LogP contribution in [0.4, 0.5) is 0 Å². The summed E-state index contributed by atoms with van der Waals surface area (Å²) < 4.78 is 6.06. The third kappa shape index (κ3) is 4.11. The van der Waals surface area contributed by atoms with E-state index in [0.29, 0.717) is 6.61 Å². The summed E-state index contributed by atoms with van der Waals surface area (Å²) in [6, 6.07) is 12.5. The van der Waals surface area contributed by atoms with Crippen LogP contribution in [0, 0.1) is 20.8 Å². The summed E-state index contributed by atoms with van der Waals surface area (Å²) in [6.45, 7) is 8.78. The van der Waals surface area contributed by atoms with Crippen LogP contribution in [0.15, 0.2) is 36.4 Å². The average Bonchev–Trinajstić information content (AvgIpc) is 2.47. The molecule has 0 heterocycles. The van der Waals surface area contributed by atoms with Crippen LogP contribution in [0.2, 0.25) is 0 Å². The van der Waals surface area contributed by atoms with Gasteiger partial charge in [0.15, 0.2) is 0 Å². The van der Waals surface area contributed by atoms with Crippen LogP contribution in [0.5, 0.6) is 5.75 Å². The third-order valence-electron chi connectivity index (χ3n) is 3.87. The fourth-order valence-corrected chi connectivity index (χ4v) is 2.70. The lowest BCUT2D eigenvalue weighted by atomic mass is 9.98.